The third-order valence-electron chi connectivity index (χ3n) is 3.74. The quantitative estimate of drug-likeness (QED) is 0.557. The standard InChI is InChI=1S/C10H19N/c1-3-11-6-9-5-4-8(2)10(9)7-11/h8-10H,3-7H2,1-2H3. The second-order valence-corrected chi connectivity index (χ2v) is 4.33. The Bertz CT molecular complexity index is 144. The summed E-state index contributed by atoms with van der Waals surface area (Å²) in [5, 5.41) is 0. The number of fused-ring (bicyclic) bond motifs is 1. The SMILES string of the molecule is CCN1CC2CCC(C)C2C1. The predicted octanol–water partition coefficient (Wildman–Crippen LogP) is 1.98. The van der Waals surface area contributed by atoms with Crippen LogP contribution in [0.4, 0.5) is 0 Å². The third kappa shape index (κ3) is 1.20. The molecule has 2 aliphatic rings. The smallest absolute Gasteiger partial charge is 0.00153 e. The summed E-state index contributed by atoms with van der Waals surface area (Å²) in [6.45, 7) is 8.77. The largest absolute Gasteiger partial charge is 0.303 e. The summed E-state index contributed by atoms with van der Waals surface area (Å²) in [7, 11) is 0. The lowest BCUT2D eigenvalue weighted by Gasteiger charge is -2.15. The minimum Gasteiger partial charge on any atom is -0.303 e. The summed E-state index contributed by atoms with van der Waals surface area (Å²) >= 11 is 0. The van der Waals surface area contributed by atoms with Gasteiger partial charge >= 0.3 is 0 Å². The van der Waals surface area contributed by atoms with Crippen LogP contribution in [0, 0.1) is 17.8 Å². The number of hydrogen-bond donors (Lipinski definition) is 0. The lowest BCUT2D eigenvalue weighted by Crippen LogP contribution is -2.21. The zero-order chi connectivity index (χ0) is 7.84. The Morgan fingerprint density at radius 1 is 1.27 bits per heavy atom. The van der Waals surface area contributed by atoms with Gasteiger partial charge in [-0.05, 0) is 30.7 Å². The van der Waals surface area contributed by atoms with Gasteiger partial charge in [0, 0.05) is 13.1 Å². The van der Waals surface area contributed by atoms with Gasteiger partial charge in [0.15, 0.2) is 0 Å². The second kappa shape index (κ2) is 2.78. The van der Waals surface area contributed by atoms with Crippen molar-refractivity contribution in [3.8, 4) is 0 Å². The van der Waals surface area contributed by atoms with Crippen molar-refractivity contribution < 1.29 is 0 Å². The van der Waals surface area contributed by atoms with Gasteiger partial charge in [-0.2, -0.15) is 0 Å². The molecular weight excluding hydrogens is 134 g/mol. The highest BCUT2D eigenvalue weighted by Crippen LogP contribution is 2.41. The van der Waals surface area contributed by atoms with Crippen molar-refractivity contribution in [2.75, 3.05) is 19.6 Å². The third-order valence-corrected chi connectivity index (χ3v) is 3.74. The maximum Gasteiger partial charge on any atom is 0.00153 e. The van der Waals surface area contributed by atoms with Crippen molar-refractivity contribution in [2.45, 2.75) is 26.7 Å². The van der Waals surface area contributed by atoms with E-state index in [2.05, 4.69) is 18.7 Å². The van der Waals surface area contributed by atoms with E-state index < -0.39 is 0 Å². The molecule has 0 aromatic carbocycles. The maximum atomic E-state index is 2.62. The Kier molecular flexibility index (Phi) is 1.92. The van der Waals surface area contributed by atoms with Gasteiger partial charge < -0.3 is 4.90 Å². The lowest BCUT2D eigenvalue weighted by atomic mass is 9.94. The molecule has 0 bridgehead atoms. The zero-order valence-electron chi connectivity index (χ0n) is 7.71. The zero-order valence-corrected chi connectivity index (χ0v) is 7.71. The van der Waals surface area contributed by atoms with Crippen molar-refractivity contribution in [3.05, 3.63) is 0 Å². The molecule has 64 valence electrons. The van der Waals surface area contributed by atoms with Gasteiger partial charge in [-0.25, -0.2) is 0 Å². The molecule has 0 N–H and O–H groups in total. The van der Waals surface area contributed by atoms with Crippen molar-refractivity contribution in [1.82, 2.24) is 4.90 Å². The molecule has 1 nitrogen and oxygen atoms in total. The Morgan fingerprint density at radius 2 is 2.09 bits per heavy atom. The van der Waals surface area contributed by atoms with Crippen molar-refractivity contribution in [3.63, 3.8) is 0 Å². The van der Waals surface area contributed by atoms with E-state index >= 15 is 0 Å². The molecule has 0 aromatic rings. The normalized spacial score (nSPS) is 44.7. The first-order valence-corrected chi connectivity index (χ1v) is 5.03. The van der Waals surface area contributed by atoms with Gasteiger partial charge in [-0.3, -0.25) is 0 Å². The molecule has 0 spiro atoms. The van der Waals surface area contributed by atoms with Crippen molar-refractivity contribution in [2.24, 2.45) is 17.8 Å². The second-order valence-electron chi connectivity index (χ2n) is 4.33. The van der Waals surface area contributed by atoms with Gasteiger partial charge in [0.1, 0.15) is 0 Å². The molecule has 0 aromatic heterocycles. The fourth-order valence-electron chi connectivity index (χ4n) is 2.89. The summed E-state index contributed by atoms with van der Waals surface area (Å²) < 4.78 is 0. The van der Waals surface area contributed by atoms with Crippen LogP contribution < -0.4 is 0 Å². The van der Waals surface area contributed by atoms with Crippen molar-refractivity contribution in [1.29, 1.82) is 0 Å². The fraction of sp³-hybridized carbons (Fsp3) is 1.00. The van der Waals surface area contributed by atoms with E-state index in [9.17, 15) is 0 Å². The fourth-order valence-corrected chi connectivity index (χ4v) is 2.89. The minimum absolute atomic E-state index is 1.01. The molecule has 3 unspecified atom stereocenters. The lowest BCUT2D eigenvalue weighted by molar-refractivity contribution is 0.309. The van der Waals surface area contributed by atoms with E-state index in [0.717, 1.165) is 17.8 Å². The average Bonchev–Trinajstić information content (AvgIpc) is 2.53. The van der Waals surface area contributed by atoms with E-state index in [0.29, 0.717) is 0 Å². The molecule has 0 amide bonds. The molecule has 2 rings (SSSR count). The van der Waals surface area contributed by atoms with Crippen LogP contribution in [0.3, 0.4) is 0 Å². The maximum absolute atomic E-state index is 2.62. The summed E-state index contributed by atoms with van der Waals surface area (Å²) in [5.41, 5.74) is 0. The molecular formula is C10H19N. The summed E-state index contributed by atoms with van der Waals surface area (Å²) in [6, 6.07) is 0. The molecule has 3 atom stereocenters. The number of hydrogen-bond acceptors (Lipinski definition) is 1. The van der Waals surface area contributed by atoms with E-state index in [1.54, 1.807) is 0 Å². The summed E-state index contributed by atoms with van der Waals surface area (Å²) in [6.07, 6.45) is 3.00. The average molecular weight is 153 g/mol. The Morgan fingerprint density at radius 3 is 2.73 bits per heavy atom. The van der Waals surface area contributed by atoms with Gasteiger partial charge in [-0.1, -0.05) is 20.3 Å². The van der Waals surface area contributed by atoms with Crippen molar-refractivity contribution >= 4 is 0 Å². The van der Waals surface area contributed by atoms with E-state index in [-0.39, 0.29) is 0 Å². The topological polar surface area (TPSA) is 3.24 Å². The van der Waals surface area contributed by atoms with Crippen LogP contribution in [0.15, 0.2) is 0 Å². The first-order valence-electron chi connectivity index (χ1n) is 5.03. The summed E-state index contributed by atoms with van der Waals surface area (Å²) in [5.74, 6) is 3.12. The highest BCUT2D eigenvalue weighted by Gasteiger charge is 2.39. The monoisotopic (exact) mass is 153 g/mol. The van der Waals surface area contributed by atoms with Gasteiger partial charge in [0.05, 0.1) is 0 Å². The molecule has 1 heteroatoms. The Labute approximate surface area is 69.8 Å². The van der Waals surface area contributed by atoms with Gasteiger partial charge in [0.25, 0.3) is 0 Å². The van der Waals surface area contributed by atoms with Crippen LogP contribution in [-0.4, -0.2) is 24.5 Å². The predicted molar refractivity (Wildman–Crippen MR) is 47.5 cm³/mol. The Hall–Kier alpha value is -0.0400. The molecule has 1 aliphatic heterocycles. The minimum atomic E-state index is 1.01. The Balaban J connectivity index is 1.98. The first kappa shape index (κ1) is 7.60. The number of rotatable bonds is 1. The molecule has 2 fully saturated rings. The van der Waals surface area contributed by atoms with Crippen LogP contribution in [-0.2, 0) is 0 Å². The summed E-state index contributed by atoms with van der Waals surface area (Å²) in [4.78, 5) is 2.62. The molecule has 1 heterocycles. The molecule has 11 heavy (non-hydrogen) atoms. The van der Waals surface area contributed by atoms with Gasteiger partial charge in [-0.15, -0.1) is 0 Å². The molecule has 0 radical (unpaired) electrons. The van der Waals surface area contributed by atoms with E-state index in [1.165, 1.54) is 32.5 Å². The highest BCUT2D eigenvalue weighted by atomic mass is 15.1. The highest BCUT2D eigenvalue weighted by molar-refractivity contribution is 4.91. The van der Waals surface area contributed by atoms with E-state index in [1.807, 2.05) is 0 Å². The van der Waals surface area contributed by atoms with Crippen LogP contribution in [0.5, 0.6) is 0 Å². The molecule has 1 saturated carbocycles. The molecule has 1 saturated heterocycles. The van der Waals surface area contributed by atoms with Crippen LogP contribution in [0.1, 0.15) is 26.7 Å². The molecule has 1 aliphatic carbocycles. The number of nitrogens with zero attached hydrogens (tertiary/aromatic N) is 1. The van der Waals surface area contributed by atoms with Crippen LogP contribution in [0.25, 0.3) is 0 Å². The first-order chi connectivity index (χ1) is 5.31. The number of likely N-dealkylation sites (tertiary alicyclic amines) is 1. The van der Waals surface area contributed by atoms with Crippen LogP contribution >= 0.6 is 0 Å². The van der Waals surface area contributed by atoms with Gasteiger partial charge in [0.2, 0.25) is 0 Å². The van der Waals surface area contributed by atoms with E-state index in [4.69, 9.17) is 0 Å². The van der Waals surface area contributed by atoms with Crippen LogP contribution in [0.2, 0.25) is 0 Å².